The molecule has 1 atom stereocenters. The lowest BCUT2D eigenvalue weighted by molar-refractivity contribution is -0.111. The maximum absolute atomic E-state index is 13.4. The van der Waals surface area contributed by atoms with Crippen LogP contribution in [0.15, 0.2) is 90.1 Å². The Morgan fingerprint density at radius 1 is 1.07 bits per heavy atom. The zero-order valence-electron chi connectivity index (χ0n) is 23.5. The summed E-state index contributed by atoms with van der Waals surface area (Å²) < 4.78 is 7.36. The maximum Gasteiger partial charge on any atom is 0.268 e. The van der Waals surface area contributed by atoms with Gasteiger partial charge in [-0.3, -0.25) is 19.5 Å². The van der Waals surface area contributed by atoms with Crippen LogP contribution in [0.4, 0.5) is 11.6 Å². The molecule has 3 heterocycles. The molecule has 0 aliphatic rings. The summed E-state index contributed by atoms with van der Waals surface area (Å²) >= 11 is 1.34. The predicted molar refractivity (Wildman–Crippen MR) is 166 cm³/mol. The number of anilines is 2. The van der Waals surface area contributed by atoms with Gasteiger partial charge in [0.1, 0.15) is 5.76 Å². The van der Waals surface area contributed by atoms with Gasteiger partial charge in [-0.2, -0.15) is 0 Å². The predicted octanol–water partition coefficient (Wildman–Crippen LogP) is 7.25. The summed E-state index contributed by atoms with van der Waals surface area (Å²) in [5.41, 5.74) is 4.12. The third-order valence-electron chi connectivity index (χ3n) is 7.01. The van der Waals surface area contributed by atoms with Crippen LogP contribution in [0, 0.1) is 5.41 Å². The first-order valence-electron chi connectivity index (χ1n) is 13.4. The van der Waals surface area contributed by atoms with E-state index in [1.54, 1.807) is 18.4 Å². The third-order valence-corrected chi connectivity index (χ3v) is 8.11. The summed E-state index contributed by atoms with van der Waals surface area (Å²) in [5.74, 6) is 0.499. The number of thiophene rings is 1. The molecule has 0 radical (unpaired) electrons. The number of hydrogen-bond acceptors (Lipinski definition) is 6. The van der Waals surface area contributed by atoms with Gasteiger partial charge in [0.2, 0.25) is 11.9 Å². The van der Waals surface area contributed by atoms with E-state index in [1.165, 1.54) is 17.4 Å². The highest BCUT2D eigenvalue weighted by molar-refractivity contribution is 7.17. The van der Waals surface area contributed by atoms with Crippen molar-refractivity contribution in [2.75, 3.05) is 10.6 Å². The van der Waals surface area contributed by atoms with Gasteiger partial charge >= 0.3 is 0 Å². The first-order chi connectivity index (χ1) is 19.6. The number of furan rings is 1. The minimum atomic E-state index is -0.308. The van der Waals surface area contributed by atoms with Crippen LogP contribution < -0.4 is 16.0 Å². The zero-order chi connectivity index (χ0) is 29.1. The summed E-state index contributed by atoms with van der Waals surface area (Å²) in [5, 5.41) is 9.40. The normalized spacial score (nSPS) is 12.3. The second kappa shape index (κ2) is 11.6. The lowest BCUT2D eigenvalue weighted by Gasteiger charge is -2.28. The van der Waals surface area contributed by atoms with E-state index in [2.05, 4.69) is 56.3 Å². The van der Waals surface area contributed by atoms with Crippen LogP contribution in [-0.4, -0.2) is 27.4 Å². The molecular formula is C32H33N5O3S. The summed E-state index contributed by atoms with van der Waals surface area (Å²) in [6, 6.07) is 21.1. The Balaban J connectivity index is 1.50. The molecule has 0 saturated carbocycles. The number of nitrogens with one attached hydrogen (secondary N) is 3. The molecule has 9 heteroatoms. The fourth-order valence-corrected chi connectivity index (χ4v) is 5.12. The molecular weight excluding hydrogens is 534 g/mol. The van der Waals surface area contributed by atoms with Gasteiger partial charge in [-0.25, -0.2) is 4.98 Å². The van der Waals surface area contributed by atoms with Crippen molar-refractivity contribution in [3.8, 4) is 16.3 Å². The lowest BCUT2D eigenvalue weighted by Crippen LogP contribution is -2.37. The van der Waals surface area contributed by atoms with E-state index in [0.29, 0.717) is 34.9 Å². The van der Waals surface area contributed by atoms with E-state index >= 15 is 0 Å². The largest absolute Gasteiger partial charge is 0.464 e. The first-order valence-corrected chi connectivity index (χ1v) is 14.2. The second-order valence-electron chi connectivity index (χ2n) is 10.9. The summed E-state index contributed by atoms with van der Waals surface area (Å²) in [7, 11) is 0. The van der Waals surface area contributed by atoms with Crippen LogP contribution >= 0.6 is 11.3 Å². The Morgan fingerprint density at radius 3 is 2.63 bits per heavy atom. The minimum absolute atomic E-state index is 0.133. The molecule has 5 rings (SSSR count). The molecule has 0 unspecified atom stereocenters. The van der Waals surface area contributed by atoms with Gasteiger partial charge in [0, 0.05) is 18.3 Å². The molecule has 3 N–H and O–H groups in total. The Morgan fingerprint density at radius 2 is 1.90 bits per heavy atom. The SMILES string of the molecule is C=CC(=O)Nc1cccc(-n2c(NC(=O)c3ccc(-c4ccco4)s3)nc3cc(CN[C@@H](C)C(C)(C)C)ccc32)c1. The van der Waals surface area contributed by atoms with Gasteiger partial charge in [-0.15, -0.1) is 11.3 Å². The molecule has 2 aromatic carbocycles. The van der Waals surface area contributed by atoms with Gasteiger partial charge in [0.25, 0.3) is 5.91 Å². The molecule has 0 spiro atoms. The van der Waals surface area contributed by atoms with Gasteiger partial charge < -0.3 is 15.1 Å². The van der Waals surface area contributed by atoms with Crippen molar-refractivity contribution in [3.05, 3.63) is 96.1 Å². The van der Waals surface area contributed by atoms with E-state index in [4.69, 9.17) is 9.40 Å². The van der Waals surface area contributed by atoms with Crippen LogP contribution in [-0.2, 0) is 11.3 Å². The fraction of sp³-hybridized carbons (Fsp3) is 0.219. The highest BCUT2D eigenvalue weighted by atomic mass is 32.1. The van der Waals surface area contributed by atoms with Crippen LogP contribution in [0.2, 0.25) is 0 Å². The number of nitrogens with zero attached hydrogens (tertiary/aromatic N) is 2. The van der Waals surface area contributed by atoms with Crippen molar-refractivity contribution in [3.63, 3.8) is 0 Å². The van der Waals surface area contributed by atoms with Gasteiger partial charge in [0.15, 0.2) is 0 Å². The number of benzene rings is 2. The molecule has 0 fully saturated rings. The highest BCUT2D eigenvalue weighted by Gasteiger charge is 2.21. The average Bonchev–Trinajstić information content (AvgIpc) is 3.70. The van der Waals surface area contributed by atoms with Crippen LogP contribution in [0.5, 0.6) is 0 Å². The molecule has 0 bridgehead atoms. The van der Waals surface area contributed by atoms with Crippen molar-refractivity contribution < 1.29 is 14.0 Å². The number of rotatable bonds is 9. The molecule has 0 aliphatic heterocycles. The smallest absolute Gasteiger partial charge is 0.268 e. The number of aromatic nitrogens is 2. The lowest BCUT2D eigenvalue weighted by atomic mass is 9.88. The molecule has 210 valence electrons. The number of fused-ring (bicyclic) bond motifs is 1. The van der Waals surface area contributed by atoms with E-state index < -0.39 is 0 Å². The van der Waals surface area contributed by atoms with Crippen molar-refractivity contribution in [2.24, 2.45) is 5.41 Å². The zero-order valence-corrected chi connectivity index (χ0v) is 24.3. The van der Waals surface area contributed by atoms with E-state index in [-0.39, 0.29) is 17.2 Å². The number of carbonyl (C=O) groups is 2. The van der Waals surface area contributed by atoms with Crippen molar-refractivity contribution in [1.82, 2.24) is 14.9 Å². The van der Waals surface area contributed by atoms with Crippen molar-refractivity contribution >= 4 is 45.8 Å². The molecule has 8 nitrogen and oxygen atoms in total. The van der Waals surface area contributed by atoms with Crippen molar-refractivity contribution in [1.29, 1.82) is 0 Å². The standard InChI is InChI=1S/C32H33N5O3S/c1-6-29(38)34-22-9-7-10-23(18-22)37-25-13-12-21(19-33-20(2)32(3,4)5)17-24(25)35-31(37)36-30(39)28-15-14-27(41-28)26-11-8-16-40-26/h6-18,20,33H,1,19H2,2-5H3,(H,34,38)(H,35,36,39)/t20-/m0/s1. The summed E-state index contributed by atoms with van der Waals surface area (Å²) in [6.45, 7) is 13.0. The van der Waals surface area contributed by atoms with Gasteiger partial charge in [-0.05, 0) is 78.6 Å². The Bertz CT molecular complexity index is 1710. The molecule has 2 amide bonds. The summed E-state index contributed by atoms with van der Waals surface area (Å²) in [6.07, 6.45) is 2.83. The molecule has 3 aromatic heterocycles. The second-order valence-corrected chi connectivity index (χ2v) is 12.0. The topological polar surface area (TPSA) is 101 Å². The Hall–Kier alpha value is -4.47. The van der Waals surface area contributed by atoms with E-state index in [9.17, 15) is 9.59 Å². The maximum atomic E-state index is 13.4. The number of amides is 2. The van der Waals surface area contributed by atoms with E-state index in [0.717, 1.165) is 27.2 Å². The molecule has 5 aromatic rings. The molecule has 41 heavy (non-hydrogen) atoms. The van der Waals surface area contributed by atoms with Gasteiger partial charge in [0.05, 0.1) is 32.7 Å². The van der Waals surface area contributed by atoms with E-state index in [1.807, 2.05) is 53.1 Å². The average molecular weight is 568 g/mol. The number of imidazole rings is 1. The van der Waals surface area contributed by atoms with Crippen molar-refractivity contribution in [2.45, 2.75) is 40.3 Å². The monoisotopic (exact) mass is 567 g/mol. The quantitative estimate of drug-likeness (QED) is 0.163. The third kappa shape index (κ3) is 6.32. The Kier molecular flexibility index (Phi) is 7.92. The van der Waals surface area contributed by atoms with Crippen LogP contribution in [0.25, 0.3) is 27.4 Å². The Labute approximate surface area is 243 Å². The first kappa shape index (κ1) is 28.1. The van der Waals surface area contributed by atoms with Gasteiger partial charge in [-0.1, -0.05) is 39.5 Å². The highest BCUT2D eigenvalue weighted by Crippen LogP contribution is 2.31. The van der Waals surface area contributed by atoms with Crippen LogP contribution in [0.3, 0.4) is 0 Å². The van der Waals surface area contributed by atoms with Crippen LogP contribution in [0.1, 0.15) is 42.9 Å². The molecule has 0 aliphatic carbocycles. The fourth-order valence-electron chi connectivity index (χ4n) is 4.25. The minimum Gasteiger partial charge on any atom is -0.464 e. The number of carbonyl (C=O) groups excluding carboxylic acids is 2. The summed E-state index contributed by atoms with van der Waals surface area (Å²) in [4.78, 5) is 31.6. The number of hydrogen-bond donors (Lipinski definition) is 3. The molecule has 0 saturated heterocycles.